The van der Waals surface area contributed by atoms with Crippen molar-refractivity contribution in [1.82, 2.24) is 9.21 Å². The maximum absolute atomic E-state index is 12.9. The van der Waals surface area contributed by atoms with Crippen molar-refractivity contribution in [3.8, 4) is 5.75 Å². The van der Waals surface area contributed by atoms with Crippen LogP contribution >= 0.6 is 0 Å². The number of quaternary nitrogens is 1. The molecular weight excluding hydrogens is 402 g/mol. The van der Waals surface area contributed by atoms with Crippen molar-refractivity contribution >= 4 is 15.9 Å². The second-order valence-electron chi connectivity index (χ2n) is 7.69. The summed E-state index contributed by atoms with van der Waals surface area (Å²) in [5.74, 6) is 0.466. The van der Waals surface area contributed by atoms with Gasteiger partial charge in [0.25, 0.3) is 0 Å². The minimum absolute atomic E-state index is 0.160. The second kappa shape index (κ2) is 9.59. The van der Waals surface area contributed by atoms with E-state index in [-0.39, 0.29) is 17.3 Å². The molecule has 1 saturated heterocycles. The first kappa shape index (κ1) is 22.3. The van der Waals surface area contributed by atoms with Gasteiger partial charge in [-0.05, 0) is 30.7 Å². The molecule has 1 amide bonds. The topological polar surface area (TPSA) is 71.4 Å². The Balaban J connectivity index is 1.56. The number of rotatable bonds is 7. The molecule has 30 heavy (non-hydrogen) atoms. The molecule has 0 unspecified atom stereocenters. The maximum Gasteiger partial charge on any atom is 0.243 e. The van der Waals surface area contributed by atoms with Gasteiger partial charge >= 0.3 is 0 Å². The Kier molecular flexibility index (Phi) is 7.12. The van der Waals surface area contributed by atoms with Gasteiger partial charge in [0.2, 0.25) is 15.9 Å². The monoisotopic (exact) mass is 432 g/mol. The zero-order valence-electron chi connectivity index (χ0n) is 17.8. The summed E-state index contributed by atoms with van der Waals surface area (Å²) in [5, 5.41) is 0. The molecule has 0 aromatic heterocycles. The lowest BCUT2D eigenvalue weighted by atomic mass is 10.2. The third-order valence-corrected chi connectivity index (χ3v) is 7.35. The quantitative estimate of drug-likeness (QED) is 0.694. The largest absolute Gasteiger partial charge is 0.496 e. The van der Waals surface area contributed by atoms with Crippen molar-refractivity contribution < 1.29 is 22.8 Å². The fraction of sp³-hybridized carbons (Fsp3) is 0.409. The number of nitrogens with zero attached hydrogens (tertiary/aromatic N) is 2. The Morgan fingerprint density at radius 3 is 2.40 bits per heavy atom. The van der Waals surface area contributed by atoms with Crippen LogP contribution in [0.2, 0.25) is 0 Å². The highest BCUT2D eigenvalue weighted by atomic mass is 32.2. The summed E-state index contributed by atoms with van der Waals surface area (Å²) in [5.41, 5.74) is 2.02. The average Bonchev–Trinajstić information content (AvgIpc) is 2.74. The van der Waals surface area contributed by atoms with Crippen LogP contribution in [-0.4, -0.2) is 70.4 Å². The summed E-state index contributed by atoms with van der Waals surface area (Å²) >= 11 is 0. The molecule has 162 valence electrons. The van der Waals surface area contributed by atoms with Gasteiger partial charge in [-0.15, -0.1) is 0 Å². The molecule has 7 nitrogen and oxygen atoms in total. The Labute approximate surface area is 178 Å². The minimum Gasteiger partial charge on any atom is -0.496 e. The molecule has 0 bridgehead atoms. The molecule has 0 radical (unpaired) electrons. The smallest absolute Gasteiger partial charge is 0.243 e. The van der Waals surface area contributed by atoms with E-state index in [0.717, 1.165) is 29.5 Å². The Hall–Kier alpha value is -2.42. The number of sulfonamides is 1. The van der Waals surface area contributed by atoms with Crippen LogP contribution in [-0.2, 0) is 21.4 Å². The van der Waals surface area contributed by atoms with Gasteiger partial charge in [-0.2, -0.15) is 4.31 Å². The molecule has 1 aliphatic heterocycles. The number of hydrogen-bond acceptors (Lipinski definition) is 4. The molecule has 0 spiro atoms. The predicted octanol–water partition coefficient (Wildman–Crippen LogP) is 0.551. The summed E-state index contributed by atoms with van der Waals surface area (Å²) in [7, 11) is -0.754. The molecule has 1 fully saturated rings. The Bertz CT molecular complexity index is 971. The van der Waals surface area contributed by atoms with Crippen molar-refractivity contribution in [3.63, 3.8) is 0 Å². The van der Waals surface area contributed by atoms with Gasteiger partial charge in [0.05, 0.1) is 44.7 Å². The fourth-order valence-electron chi connectivity index (χ4n) is 3.70. The highest BCUT2D eigenvalue weighted by Gasteiger charge is 2.28. The fourth-order valence-corrected chi connectivity index (χ4v) is 4.91. The molecule has 0 aliphatic carbocycles. The lowest BCUT2D eigenvalue weighted by Gasteiger charge is -2.33. The van der Waals surface area contributed by atoms with Crippen molar-refractivity contribution in [2.75, 3.05) is 46.9 Å². The minimum atomic E-state index is -3.75. The highest BCUT2D eigenvalue weighted by molar-refractivity contribution is 7.89. The van der Waals surface area contributed by atoms with Crippen LogP contribution in [0.1, 0.15) is 11.1 Å². The first-order chi connectivity index (χ1) is 14.3. The van der Waals surface area contributed by atoms with E-state index in [4.69, 9.17) is 4.74 Å². The Morgan fingerprint density at radius 1 is 1.13 bits per heavy atom. The maximum atomic E-state index is 12.9. The molecule has 1 aliphatic rings. The number of carbonyl (C=O) groups excluding carboxylic acids is 1. The number of methoxy groups -OCH3 is 1. The van der Waals surface area contributed by atoms with Crippen molar-refractivity contribution in [3.05, 3.63) is 59.7 Å². The SMILES string of the molecule is COc1ccc(S(=O)(=O)N(C)CC(=O)N2CC[NH+](Cc3ccccc3)CC2)cc1C. The zero-order chi connectivity index (χ0) is 21.7. The number of nitrogens with one attached hydrogen (secondary N) is 1. The second-order valence-corrected chi connectivity index (χ2v) is 9.73. The van der Waals surface area contributed by atoms with E-state index in [1.165, 1.54) is 23.6 Å². The molecule has 1 heterocycles. The number of aryl methyl sites for hydroxylation is 1. The molecule has 0 atom stereocenters. The van der Waals surface area contributed by atoms with Crippen molar-refractivity contribution in [2.45, 2.75) is 18.4 Å². The third kappa shape index (κ3) is 5.19. The molecule has 1 N–H and O–H groups in total. The van der Waals surface area contributed by atoms with E-state index < -0.39 is 10.0 Å². The van der Waals surface area contributed by atoms with Gasteiger partial charge in [0, 0.05) is 12.6 Å². The van der Waals surface area contributed by atoms with E-state index in [9.17, 15) is 13.2 Å². The van der Waals surface area contributed by atoms with Gasteiger partial charge in [0.15, 0.2) is 0 Å². The number of benzene rings is 2. The van der Waals surface area contributed by atoms with E-state index >= 15 is 0 Å². The first-order valence-electron chi connectivity index (χ1n) is 10.1. The van der Waals surface area contributed by atoms with Crippen molar-refractivity contribution in [2.24, 2.45) is 0 Å². The number of likely N-dealkylation sites (N-methyl/N-ethyl adjacent to an activating group) is 1. The Morgan fingerprint density at radius 2 is 1.80 bits per heavy atom. The highest BCUT2D eigenvalue weighted by Crippen LogP contribution is 2.23. The molecular formula is C22H30N3O4S+. The van der Waals surface area contributed by atoms with Crippen LogP contribution in [0.5, 0.6) is 5.75 Å². The number of piperazine rings is 1. The molecule has 8 heteroatoms. The number of carbonyl (C=O) groups is 1. The van der Waals surface area contributed by atoms with Gasteiger partial charge in [-0.3, -0.25) is 4.79 Å². The number of ether oxygens (including phenoxy) is 1. The third-order valence-electron chi connectivity index (χ3n) is 5.55. The van der Waals surface area contributed by atoms with Gasteiger partial charge in [-0.25, -0.2) is 8.42 Å². The van der Waals surface area contributed by atoms with Gasteiger partial charge in [-0.1, -0.05) is 30.3 Å². The van der Waals surface area contributed by atoms with Crippen LogP contribution in [0.3, 0.4) is 0 Å². The molecule has 3 rings (SSSR count). The van der Waals surface area contributed by atoms with Crippen LogP contribution < -0.4 is 9.64 Å². The summed E-state index contributed by atoms with van der Waals surface area (Å²) in [4.78, 5) is 16.1. The van der Waals surface area contributed by atoms with Gasteiger partial charge in [0.1, 0.15) is 12.3 Å². The molecule has 2 aromatic carbocycles. The molecule has 0 saturated carbocycles. The van der Waals surface area contributed by atoms with Crippen LogP contribution in [0.15, 0.2) is 53.4 Å². The number of amides is 1. The normalized spacial score (nSPS) is 15.4. The molecule has 2 aromatic rings. The van der Waals surface area contributed by atoms with Crippen LogP contribution in [0.4, 0.5) is 0 Å². The zero-order valence-corrected chi connectivity index (χ0v) is 18.6. The summed E-state index contributed by atoms with van der Waals surface area (Å²) in [6, 6.07) is 15.0. The van der Waals surface area contributed by atoms with E-state index in [0.29, 0.717) is 18.8 Å². The summed E-state index contributed by atoms with van der Waals surface area (Å²) in [6.07, 6.45) is 0. The van der Waals surface area contributed by atoms with E-state index in [2.05, 4.69) is 12.1 Å². The van der Waals surface area contributed by atoms with E-state index in [1.54, 1.807) is 31.1 Å². The van der Waals surface area contributed by atoms with E-state index in [1.807, 2.05) is 18.2 Å². The van der Waals surface area contributed by atoms with Gasteiger partial charge < -0.3 is 14.5 Å². The average molecular weight is 433 g/mol. The number of hydrogen-bond donors (Lipinski definition) is 1. The standard InChI is InChI=1S/C22H29N3O4S/c1-18-15-20(9-10-21(18)29-3)30(27,28)23(2)17-22(26)25-13-11-24(12-14-25)16-19-7-5-4-6-8-19/h4-10,15H,11-14,16-17H2,1-3H3/p+1. The lowest BCUT2D eigenvalue weighted by molar-refractivity contribution is -0.917. The van der Waals surface area contributed by atoms with Crippen LogP contribution in [0, 0.1) is 6.92 Å². The summed E-state index contributed by atoms with van der Waals surface area (Å²) in [6.45, 7) is 5.55. The van der Waals surface area contributed by atoms with Crippen LogP contribution in [0.25, 0.3) is 0 Å². The van der Waals surface area contributed by atoms with Crippen molar-refractivity contribution in [1.29, 1.82) is 0 Å². The lowest BCUT2D eigenvalue weighted by Crippen LogP contribution is -3.13. The summed E-state index contributed by atoms with van der Waals surface area (Å²) < 4.78 is 32.1. The first-order valence-corrected chi connectivity index (χ1v) is 11.5. The predicted molar refractivity (Wildman–Crippen MR) is 115 cm³/mol.